The molecule has 7 nitrogen and oxygen atoms in total. The van der Waals surface area contributed by atoms with Crippen molar-refractivity contribution in [2.24, 2.45) is 7.05 Å². The predicted octanol–water partition coefficient (Wildman–Crippen LogP) is 3.32. The van der Waals surface area contributed by atoms with Gasteiger partial charge in [0, 0.05) is 49.6 Å². The summed E-state index contributed by atoms with van der Waals surface area (Å²) >= 11 is 0. The Kier molecular flexibility index (Phi) is 6.43. The van der Waals surface area contributed by atoms with Gasteiger partial charge >= 0.3 is 0 Å². The Labute approximate surface area is 192 Å². The molecule has 1 aliphatic rings. The second-order valence-electron chi connectivity index (χ2n) is 8.10. The van der Waals surface area contributed by atoms with Gasteiger partial charge in [-0.3, -0.25) is 4.79 Å². The van der Waals surface area contributed by atoms with Crippen molar-refractivity contribution in [2.75, 3.05) is 32.1 Å². The average molecular weight is 448 g/mol. The van der Waals surface area contributed by atoms with E-state index in [0.29, 0.717) is 40.0 Å². The van der Waals surface area contributed by atoms with Crippen molar-refractivity contribution in [2.45, 2.75) is 18.9 Å². The first-order valence-corrected chi connectivity index (χ1v) is 10.8. The van der Waals surface area contributed by atoms with Gasteiger partial charge in [-0.15, -0.1) is 0 Å². The molecule has 1 fully saturated rings. The van der Waals surface area contributed by atoms with Crippen molar-refractivity contribution in [1.82, 2.24) is 14.9 Å². The van der Waals surface area contributed by atoms with Crippen LogP contribution in [-0.2, 0) is 7.05 Å². The lowest BCUT2D eigenvalue weighted by Gasteiger charge is -2.33. The Morgan fingerprint density at radius 3 is 2.48 bits per heavy atom. The summed E-state index contributed by atoms with van der Waals surface area (Å²) in [6, 6.07) is 12.2. The van der Waals surface area contributed by atoms with Crippen LogP contribution in [0.2, 0.25) is 0 Å². The fourth-order valence-electron chi connectivity index (χ4n) is 4.34. The van der Waals surface area contributed by atoms with Crippen molar-refractivity contribution in [3.05, 3.63) is 64.3 Å². The van der Waals surface area contributed by atoms with Crippen LogP contribution in [0.25, 0.3) is 22.4 Å². The molecule has 33 heavy (non-hydrogen) atoms. The summed E-state index contributed by atoms with van der Waals surface area (Å²) in [5.74, 6) is -0.141. The first kappa shape index (κ1) is 22.5. The second kappa shape index (κ2) is 9.43. The number of nitriles is 1. The standard InChI is InChI=1S/C25H26FN5O2/c1-28-19-8-10-31(11-9-19)22-13-20(16-4-5-17(14-27)21(26)12-16)24(30(2)25(22)32)18-6-7-23(33-3)29-15-18/h4-7,12-13,15,19,28H,8-11H2,1-3H3. The van der Waals surface area contributed by atoms with E-state index in [1.807, 2.05) is 25.2 Å². The third-order valence-electron chi connectivity index (χ3n) is 6.26. The van der Waals surface area contributed by atoms with Crippen LogP contribution in [0, 0.1) is 17.1 Å². The SMILES string of the molecule is CNC1CCN(c2cc(-c3ccc(C#N)c(F)c3)c(-c3ccc(OC)nc3)n(C)c2=O)CC1. The quantitative estimate of drug-likeness (QED) is 0.646. The summed E-state index contributed by atoms with van der Waals surface area (Å²) < 4.78 is 21.3. The van der Waals surface area contributed by atoms with E-state index < -0.39 is 5.82 Å². The molecule has 2 aromatic heterocycles. The Hall–Kier alpha value is -3.70. The number of halogens is 1. The molecule has 1 aromatic carbocycles. The molecular weight excluding hydrogens is 421 g/mol. The van der Waals surface area contributed by atoms with E-state index in [4.69, 9.17) is 10.00 Å². The van der Waals surface area contributed by atoms with E-state index in [0.717, 1.165) is 25.9 Å². The third kappa shape index (κ3) is 4.32. The summed E-state index contributed by atoms with van der Waals surface area (Å²) in [4.78, 5) is 19.8. The number of methoxy groups -OCH3 is 1. The van der Waals surface area contributed by atoms with E-state index in [1.165, 1.54) is 19.2 Å². The summed E-state index contributed by atoms with van der Waals surface area (Å²) in [6.45, 7) is 1.51. The van der Waals surface area contributed by atoms with E-state index >= 15 is 0 Å². The molecular formula is C25H26FN5O2. The number of nitrogens with one attached hydrogen (secondary N) is 1. The molecule has 0 radical (unpaired) electrons. The fraction of sp³-hybridized carbons (Fsp3) is 0.320. The molecule has 8 heteroatoms. The molecule has 0 amide bonds. The number of pyridine rings is 2. The maximum absolute atomic E-state index is 14.5. The minimum absolute atomic E-state index is 0.0226. The topological polar surface area (TPSA) is 83.2 Å². The van der Waals surface area contributed by atoms with Crippen LogP contribution in [0.3, 0.4) is 0 Å². The van der Waals surface area contributed by atoms with E-state index in [2.05, 4.69) is 15.2 Å². The van der Waals surface area contributed by atoms with Crippen LogP contribution in [0.4, 0.5) is 10.1 Å². The fourth-order valence-corrected chi connectivity index (χ4v) is 4.34. The zero-order chi connectivity index (χ0) is 23.5. The molecule has 0 aliphatic carbocycles. The van der Waals surface area contributed by atoms with Crippen LogP contribution < -0.4 is 20.5 Å². The monoisotopic (exact) mass is 447 g/mol. The number of anilines is 1. The number of aromatic nitrogens is 2. The van der Waals surface area contributed by atoms with E-state index in [9.17, 15) is 9.18 Å². The molecule has 0 unspecified atom stereocenters. The van der Waals surface area contributed by atoms with Gasteiger partial charge in [-0.25, -0.2) is 9.37 Å². The van der Waals surface area contributed by atoms with Crippen molar-refractivity contribution >= 4 is 5.69 Å². The third-order valence-corrected chi connectivity index (χ3v) is 6.26. The lowest BCUT2D eigenvalue weighted by Crippen LogP contribution is -2.43. The molecule has 0 saturated carbocycles. The highest BCUT2D eigenvalue weighted by molar-refractivity contribution is 5.83. The van der Waals surface area contributed by atoms with Gasteiger partial charge in [0.1, 0.15) is 17.6 Å². The number of nitrogens with zero attached hydrogens (tertiary/aromatic N) is 4. The molecule has 0 spiro atoms. The molecule has 1 aliphatic heterocycles. The molecule has 1 N–H and O–H groups in total. The first-order chi connectivity index (χ1) is 16.0. The maximum Gasteiger partial charge on any atom is 0.274 e. The molecule has 0 atom stereocenters. The van der Waals surface area contributed by atoms with Crippen LogP contribution in [0.5, 0.6) is 5.88 Å². The van der Waals surface area contributed by atoms with Gasteiger partial charge in [0.2, 0.25) is 5.88 Å². The van der Waals surface area contributed by atoms with E-state index in [-0.39, 0.29) is 11.1 Å². The number of hydrogen-bond acceptors (Lipinski definition) is 6. The number of rotatable bonds is 5. The Morgan fingerprint density at radius 1 is 1.18 bits per heavy atom. The Bertz CT molecular complexity index is 1260. The van der Waals surface area contributed by atoms with Crippen LogP contribution in [0.15, 0.2) is 47.4 Å². The van der Waals surface area contributed by atoms with Gasteiger partial charge in [-0.2, -0.15) is 5.26 Å². The van der Waals surface area contributed by atoms with Crippen molar-refractivity contribution in [3.63, 3.8) is 0 Å². The van der Waals surface area contributed by atoms with Gasteiger partial charge in [0.15, 0.2) is 0 Å². The van der Waals surface area contributed by atoms with Crippen LogP contribution >= 0.6 is 0 Å². The van der Waals surface area contributed by atoms with Crippen LogP contribution in [-0.4, -0.2) is 42.8 Å². The number of piperidine rings is 1. The van der Waals surface area contributed by atoms with Gasteiger partial charge in [-0.1, -0.05) is 6.07 Å². The largest absolute Gasteiger partial charge is 0.481 e. The van der Waals surface area contributed by atoms with E-state index in [1.54, 1.807) is 29.9 Å². The smallest absolute Gasteiger partial charge is 0.274 e. The minimum atomic E-state index is -0.598. The molecule has 4 rings (SSSR count). The Balaban J connectivity index is 1.90. The summed E-state index contributed by atoms with van der Waals surface area (Å²) in [7, 11) is 5.21. The highest BCUT2D eigenvalue weighted by Gasteiger charge is 2.24. The summed E-state index contributed by atoms with van der Waals surface area (Å²) in [6.07, 6.45) is 3.50. The summed E-state index contributed by atoms with van der Waals surface area (Å²) in [5, 5.41) is 12.4. The van der Waals surface area contributed by atoms with Gasteiger partial charge in [0.05, 0.1) is 18.4 Å². The van der Waals surface area contributed by atoms with Crippen molar-refractivity contribution in [1.29, 1.82) is 5.26 Å². The van der Waals surface area contributed by atoms with Crippen molar-refractivity contribution < 1.29 is 9.13 Å². The van der Waals surface area contributed by atoms with Gasteiger partial charge in [0.25, 0.3) is 5.56 Å². The molecule has 1 saturated heterocycles. The predicted molar refractivity (Wildman–Crippen MR) is 126 cm³/mol. The maximum atomic E-state index is 14.5. The highest BCUT2D eigenvalue weighted by atomic mass is 19.1. The lowest BCUT2D eigenvalue weighted by atomic mass is 9.97. The first-order valence-electron chi connectivity index (χ1n) is 10.8. The Morgan fingerprint density at radius 2 is 1.91 bits per heavy atom. The molecule has 3 aromatic rings. The molecule has 0 bridgehead atoms. The zero-order valence-corrected chi connectivity index (χ0v) is 18.9. The molecule has 170 valence electrons. The van der Waals surface area contributed by atoms with Gasteiger partial charge in [-0.05, 0) is 49.7 Å². The minimum Gasteiger partial charge on any atom is -0.481 e. The second-order valence-corrected chi connectivity index (χ2v) is 8.10. The van der Waals surface area contributed by atoms with Gasteiger partial charge < -0.3 is 19.5 Å². The summed E-state index contributed by atoms with van der Waals surface area (Å²) in [5.41, 5.74) is 3.03. The average Bonchev–Trinajstić information content (AvgIpc) is 2.85. The number of hydrogen-bond donors (Lipinski definition) is 1. The lowest BCUT2D eigenvalue weighted by molar-refractivity contribution is 0.398. The van der Waals surface area contributed by atoms with Crippen molar-refractivity contribution in [3.8, 4) is 34.3 Å². The zero-order valence-electron chi connectivity index (χ0n) is 18.9. The normalized spacial score (nSPS) is 14.2. The highest BCUT2D eigenvalue weighted by Crippen LogP contribution is 2.34. The van der Waals surface area contributed by atoms with Crippen LogP contribution in [0.1, 0.15) is 18.4 Å². The molecule has 3 heterocycles. The number of ether oxygens (including phenoxy) is 1. The number of benzene rings is 1.